The maximum absolute atomic E-state index is 12.0. The molecule has 24 heavy (non-hydrogen) atoms. The highest BCUT2D eigenvalue weighted by Crippen LogP contribution is 2.20. The highest BCUT2D eigenvalue weighted by Gasteiger charge is 2.07. The molecule has 0 spiro atoms. The Bertz CT molecular complexity index is 707. The van der Waals surface area contributed by atoms with E-state index in [4.69, 9.17) is 0 Å². The van der Waals surface area contributed by atoms with E-state index in [2.05, 4.69) is 18.2 Å². The third-order valence-electron chi connectivity index (χ3n) is 4.01. The van der Waals surface area contributed by atoms with E-state index < -0.39 is 9.84 Å². The summed E-state index contributed by atoms with van der Waals surface area (Å²) in [6, 6.07) is 8.48. The Hall–Kier alpha value is -1.87. The third kappa shape index (κ3) is 6.71. The lowest BCUT2D eigenvalue weighted by molar-refractivity contribution is 0.604. The second-order valence-corrected chi connectivity index (χ2v) is 7.81. The molecule has 128 valence electrons. The number of sulfone groups is 1. The molecule has 1 aliphatic carbocycles. The van der Waals surface area contributed by atoms with Gasteiger partial charge in [0, 0.05) is 5.41 Å². The lowest BCUT2D eigenvalue weighted by atomic mass is 9.97. The molecule has 0 radical (unpaired) electrons. The lowest BCUT2D eigenvalue weighted by Crippen LogP contribution is -1.94. The molecule has 2 nitrogen and oxygen atoms in total. The maximum Gasteiger partial charge on any atom is 0.199 e. The maximum atomic E-state index is 12.0. The standard InChI is InChI=1S/C21H26O2S/c22-24(23,21-17-11-7-12-18-21)19-13-5-3-1-2-4-8-14-20-15-9-6-10-16-20/h3-5,7-8,11-13,15,17-19H,1-2,6,9-10,14,16H2. The minimum Gasteiger partial charge on any atom is -0.219 e. The van der Waals surface area contributed by atoms with Crippen LogP contribution in [0.5, 0.6) is 0 Å². The average molecular weight is 343 g/mol. The molecule has 0 saturated carbocycles. The van der Waals surface area contributed by atoms with Crippen LogP contribution in [-0.4, -0.2) is 8.42 Å². The molecular formula is C21H26O2S. The summed E-state index contributed by atoms with van der Waals surface area (Å²) in [6.45, 7) is 0. The van der Waals surface area contributed by atoms with Crippen LogP contribution in [0.3, 0.4) is 0 Å². The van der Waals surface area contributed by atoms with Gasteiger partial charge in [0.1, 0.15) is 0 Å². The van der Waals surface area contributed by atoms with Crippen LogP contribution < -0.4 is 0 Å². The second kappa shape index (κ2) is 10.1. The highest BCUT2D eigenvalue weighted by atomic mass is 32.2. The normalized spacial score (nSPS) is 16.2. The molecule has 0 aromatic heterocycles. The van der Waals surface area contributed by atoms with Crippen molar-refractivity contribution in [1.29, 1.82) is 0 Å². The molecule has 0 bridgehead atoms. The molecule has 0 fully saturated rings. The highest BCUT2D eigenvalue weighted by molar-refractivity contribution is 7.94. The van der Waals surface area contributed by atoms with Crippen LogP contribution in [0, 0.1) is 0 Å². The van der Waals surface area contributed by atoms with Gasteiger partial charge in [-0.3, -0.25) is 0 Å². The molecule has 0 saturated heterocycles. The van der Waals surface area contributed by atoms with Crippen molar-refractivity contribution in [2.24, 2.45) is 0 Å². The van der Waals surface area contributed by atoms with Gasteiger partial charge in [0.2, 0.25) is 0 Å². The van der Waals surface area contributed by atoms with E-state index >= 15 is 0 Å². The van der Waals surface area contributed by atoms with Crippen LogP contribution in [0.1, 0.15) is 44.9 Å². The molecule has 1 aromatic rings. The number of rotatable bonds is 8. The van der Waals surface area contributed by atoms with Crippen molar-refractivity contribution in [2.45, 2.75) is 49.8 Å². The van der Waals surface area contributed by atoms with Crippen molar-refractivity contribution in [3.63, 3.8) is 0 Å². The van der Waals surface area contributed by atoms with E-state index in [1.54, 1.807) is 48.1 Å². The fourth-order valence-corrected chi connectivity index (χ4v) is 3.64. The summed E-state index contributed by atoms with van der Waals surface area (Å²) in [4.78, 5) is 0.328. The van der Waals surface area contributed by atoms with Crippen molar-refractivity contribution in [1.82, 2.24) is 0 Å². The summed E-state index contributed by atoms with van der Waals surface area (Å²) in [5.41, 5.74) is 1.57. The van der Waals surface area contributed by atoms with E-state index in [0.717, 1.165) is 19.3 Å². The van der Waals surface area contributed by atoms with Crippen LogP contribution in [-0.2, 0) is 9.84 Å². The van der Waals surface area contributed by atoms with E-state index in [9.17, 15) is 8.42 Å². The number of unbranched alkanes of at least 4 members (excludes halogenated alkanes) is 1. The quantitative estimate of drug-likeness (QED) is 0.342. The van der Waals surface area contributed by atoms with Gasteiger partial charge in [0.25, 0.3) is 0 Å². The van der Waals surface area contributed by atoms with E-state index in [1.807, 2.05) is 6.08 Å². The first-order valence-corrected chi connectivity index (χ1v) is 10.2. The molecular weight excluding hydrogens is 316 g/mol. The third-order valence-corrected chi connectivity index (χ3v) is 5.45. The minimum absolute atomic E-state index is 0.328. The van der Waals surface area contributed by atoms with Crippen molar-refractivity contribution in [2.75, 3.05) is 0 Å². The monoisotopic (exact) mass is 342 g/mol. The van der Waals surface area contributed by atoms with Crippen LogP contribution in [0.4, 0.5) is 0 Å². The van der Waals surface area contributed by atoms with Crippen molar-refractivity contribution in [3.8, 4) is 0 Å². The topological polar surface area (TPSA) is 34.1 Å². The first kappa shape index (κ1) is 18.5. The van der Waals surface area contributed by atoms with E-state index in [0.29, 0.717) is 4.90 Å². The van der Waals surface area contributed by atoms with Gasteiger partial charge in [-0.05, 0) is 57.1 Å². The number of benzene rings is 1. The van der Waals surface area contributed by atoms with Crippen molar-refractivity contribution < 1.29 is 8.42 Å². The number of hydrogen-bond acceptors (Lipinski definition) is 2. The molecule has 0 aliphatic heterocycles. The summed E-state index contributed by atoms with van der Waals surface area (Å²) in [5.74, 6) is 0. The second-order valence-electron chi connectivity index (χ2n) is 5.98. The van der Waals surface area contributed by atoms with Gasteiger partial charge in [0.15, 0.2) is 9.84 Å². The SMILES string of the molecule is O=S(=O)(C=CC=CCCC=CCC1=CCCCC1)c1ccccc1. The van der Waals surface area contributed by atoms with Crippen LogP contribution >= 0.6 is 0 Å². The van der Waals surface area contributed by atoms with Crippen LogP contribution in [0.2, 0.25) is 0 Å². The Morgan fingerprint density at radius 2 is 1.71 bits per heavy atom. The average Bonchev–Trinajstić information content (AvgIpc) is 2.62. The Morgan fingerprint density at radius 3 is 2.46 bits per heavy atom. The van der Waals surface area contributed by atoms with Gasteiger partial charge in [-0.1, -0.05) is 60.2 Å². The molecule has 0 heterocycles. The molecule has 0 N–H and O–H groups in total. The lowest BCUT2D eigenvalue weighted by Gasteiger charge is -2.09. The van der Waals surface area contributed by atoms with Crippen molar-refractivity contribution in [3.05, 3.63) is 77.8 Å². The van der Waals surface area contributed by atoms with Gasteiger partial charge in [-0.2, -0.15) is 0 Å². The van der Waals surface area contributed by atoms with E-state index in [1.165, 1.54) is 31.1 Å². The fourth-order valence-electron chi connectivity index (χ4n) is 2.65. The first-order valence-electron chi connectivity index (χ1n) is 8.65. The number of allylic oxidation sites excluding steroid dienone is 7. The predicted octanol–water partition coefficient (Wildman–Crippen LogP) is 5.76. The van der Waals surface area contributed by atoms with Gasteiger partial charge in [0.05, 0.1) is 4.90 Å². The summed E-state index contributed by atoms with van der Waals surface area (Å²) < 4.78 is 24.0. The zero-order valence-corrected chi connectivity index (χ0v) is 14.9. The molecule has 0 amide bonds. The molecule has 0 atom stereocenters. The first-order chi connectivity index (χ1) is 11.7. The Morgan fingerprint density at radius 1 is 0.917 bits per heavy atom. The summed E-state index contributed by atoms with van der Waals surface area (Å²) in [7, 11) is -3.33. The smallest absolute Gasteiger partial charge is 0.199 e. The Labute approximate surface area is 146 Å². The fraction of sp³-hybridized carbons (Fsp3) is 0.333. The molecule has 1 aromatic carbocycles. The zero-order chi connectivity index (χ0) is 17.1. The van der Waals surface area contributed by atoms with Gasteiger partial charge in [-0.25, -0.2) is 8.42 Å². The zero-order valence-electron chi connectivity index (χ0n) is 14.1. The number of hydrogen-bond donors (Lipinski definition) is 0. The Kier molecular flexibility index (Phi) is 7.76. The molecule has 1 aliphatic rings. The largest absolute Gasteiger partial charge is 0.219 e. The van der Waals surface area contributed by atoms with Gasteiger partial charge >= 0.3 is 0 Å². The molecule has 0 unspecified atom stereocenters. The summed E-state index contributed by atoms with van der Waals surface area (Å²) >= 11 is 0. The van der Waals surface area contributed by atoms with Crippen LogP contribution in [0.25, 0.3) is 0 Å². The minimum atomic E-state index is -3.33. The molecule has 2 rings (SSSR count). The molecule has 3 heteroatoms. The van der Waals surface area contributed by atoms with Gasteiger partial charge < -0.3 is 0 Å². The van der Waals surface area contributed by atoms with E-state index in [-0.39, 0.29) is 0 Å². The predicted molar refractivity (Wildman–Crippen MR) is 101 cm³/mol. The summed E-state index contributed by atoms with van der Waals surface area (Å²) in [6.07, 6.45) is 20.4. The van der Waals surface area contributed by atoms with Crippen LogP contribution in [0.15, 0.2) is 82.7 Å². The Balaban J connectivity index is 1.68. The van der Waals surface area contributed by atoms with Crippen molar-refractivity contribution >= 4 is 9.84 Å². The van der Waals surface area contributed by atoms with Gasteiger partial charge in [-0.15, -0.1) is 0 Å². The summed E-state index contributed by atoms with van der Waals surface area (Å²) in [5, 5.41) is 1.25.